The third-order valence-electron chi connectivity index (χ3n) is 3.78. The van der Waals surface area contributed by atoms with Gasteiger partial charge in [-0.15, -0.1) is 0 Å². The van der Waals surface area contributed by atoms with Crippen molar-refractivity contribution < 1.29 is 14.3 Å². The number of carbonyl (C=O) groups is 1. The minimum Gasteiger partial charge on any atom is -0.421 e. The number of rotatable bonds is 3. The molecule has 122 valence electrons. The lowest BCUT2D eigenvalue weighted by Gasteiger charge is -2.29. The van der Waals surface area contributed by atoms with Crippen molar-refractivity contribution in [2.45, 2.75) is 13.3 Å². The molecule has 1 aromatic carbocycles. The lowest BCUT2D eigenvalue weighted by molar-refractivity contribution is -0.134. The number of hydrogen-bond acceptors (Lipinski definition) is 5. The van der Waals surface area contributed by atoms with Crippen LogP contribution >= 0.6 is 11.6 Å². The van der Waals surface area contributed by atoms with Gasteiger partial charge < -0.3 is 19.4 Å². The number of morpholine rings is 1. The minimum atomic E-state index is -0.447. The summed E-state index contributed by atoms with van der Waals surface area (Å²) in [5.41, 5.74) is 1.06. The summed E-state index contributed by atoms with van der Waals surface area (Å²) in [7, 11) is 0. The van der Waals surface area contributed by atoms with Gasteiger partial charge >= 0.3 is 5.97 Å². The van der Waals surface area contributed by atoms with Gasteiger partial charge in [-0.1, -0.05) is 18.5 Å². The van der Waals surface area contributed by atoms with E-state index in [4.69, 9.17) is 21.1 Å². The van der Waals surface area contributed by atoms with Gasteiger partial charge in [-0.2, -0.15) is 0 Å². The molecule has 0 amide bonds. The molecule has 2 heterocycles. The van der Waals surface area contributed by atoms with Crippen LogP contribution in [0.15, 0.2) is 23.1 Å². The Morgan fingerprint density at radius 1 is 1.39 bits per heavy atom. The highest BCUT2D eigenvalue weighted by molar-refractivity contribution is 6.34. The van der Waals surface area contributed by atoms with Crippen molar-refractivity contribution >= 4 is 34.2 Å². The summed E-state index contributed by atoms with van der Waals surface area (Å²) in [4.78, 5) is 29.0. The molecule has 6 nitrogen and oxygen atoms in total. The molecule has 3 rings (SSSR count). The van der Waals surface area contributed by atoms with Gasteiger partial charge in [0.25, 0.3) is 0 Å². The van der Waals surface area contributed by atoms with E-state index in [9.17, 15) is 9.59 Å². The number of nitrogens with one attached hydrogen (secondary N) is 1. The van der Waals surface area contributed by atoms with Crippen molar-refractivity contribution in [3.63, 3.8) is 0 Å². The highest BCUT2D eigenvalue weighted by Gasteiger charge is 2.17. The Balaban J connectivity index is 2.06. The second-order valence-corrected chi connectivity index (χ2v) is 5.67. The Hall–Kier alpha value is -2.05. The second-order valence-electron chi connectivity index (χ2n) is 5.26. The smallest absolute Gasteiger partial charge is 0.311 e. The van der Waals surface area contributed by atoms with Gasteiger partial charge in [-0.3, -0.25) is 9.59 Å². The molecular weight excluding hydrogens is 320 g/mol. The van der Waals surface area contributed by atoms with Crippen LogP contribution in [-0.2, 0) is 9.53 Å². The Labute approximate surface area is 137 Å². The Kier molecular flexibility index (Phi) is 4.54. The normalized spacial score (nSPS) is 15.0. The standard InChI is InChI=1S/C16H17ClN2O4/c1-2-15(20)23-14-9-18-12-8-11(17)13(7-10(12)16(14)21)19-3-5-22-6-4-19/h7-9H,2-6H2,1H3,(H,18,21). The van der Waals surface area contributed by atoms with E-state index in [-0.39, 0.29) is 17.6 Å². The quantitative estimate of drug-likeness (QED) is 0.871. The van der Waals surface area contributed by atoms with Crippen LogP contribution in [0.5, 0.6) is 5.75 Å². The Bertz CT molecular complexity index is 797. The number of aromatic amines is 1. The zero-order valence-electron chi connectivity index (χ0n) is 12.7. The van der Waals surface area contributed by atoms with Gasteiger partial charge in [-0.25, -0.2) is 0 Å². The van der Waals surface area contributed by atoms with E-state index in [1.807, 2.05) is 0 Å². The summed E-state index contributed by atoms with van der Waals surface area (Å²) in [6.07, 6.45) is 1.60. The van der Waals surface area contributed by atoms with Gasteiger partial charge in [0.1, 0.15) is 0 Å². The van der Waals surface area contributed by atoms with Crippen molar-refractivity contribution in [1.82, 2.24) is 4.98 Å². The molecule has 1 N–H and O–H groups in total. The number of hydrogen-bond donors (Lipinski definition) is 1. The largest absolute Gasteiger partial charge is 0.421 e. The summed E-state index contributed by atoms with van der Waals surface area (Å²) in [6, 6.07) is 3.46. The number of anilines is 1. The molecule has 0 saturated carbocycles. The molecule has 1 fully saturated rings. The fraction of sp³-hybridized carbons (Fsp3) is 0.375. The summed E-state index contributed by atoms with van der Waals surface area (Å²) >= 11 is 6.35. The first kappa shape index (κ1) is 15.8. The number of halogens is 1. The predicted octanol–water partition coefficient (Wildman–Crippen LogP) is 2.33. The number of carbonyl (C=O) groups excluding carboxylic acids is 1. The van der Waals surface area contributed by atoms with E-state index >= 15 is 0 Å². The second kappa shape index (κ2) is 6.60. The number of esters is 1. The minimum absolute atomic E-state index is 0.000370. The number of pyridine rings is 1. The summed E-state index contributed by atoms with van der Waals surface area (Å²) in [6.45, 7) is 4.35. The highest BCUT2D eigenvalue weighted by atomic mass is 35.5. The number of aromatic nitrogens is 1. The molecule has 0 radical (unpaired) electrons. The fourth-order valence-electron chi connectivity index (χ4n) is 2.53. The van der Waals surface area contributed by atoms with Gasteiger partial charge in [0, 0.05) is 25.7 Å². The van der Waals surface area contributed by atoms with Crippen molar-refractivity contribution in [3.8, 4) is 5.75 Å². The summed E-state index contributed by atoms with van der Waals surface area (Å²) in [5, 5.41) is 1.01. The molecule has 1 saturated heterocycles. The van der Waals surface area contributed by atoms with Crippen LogP contribution in [-0.4, -0.2) is 37.3 Å². The maximum atomic E-state index is 12.5. The first-order valence-electron chi connectivity index (χ1n) is 7.48. The van der Waals surface area contributed by atoms with E-state index in [2.05, 4.69) is 9.88 Å². The molecule has 23 heavy (non-hydrogen) atoms. The van der Waals surface area contributed by atoms with Crippen molar-refractivity contribution in [3.05, 3.63) is 33.6 Å². The van der Waals surface area contributed by atoms with Crippen LogP contribution in [0, 0.1) is 0 Å². The molecule has 2 aromatic rings. The average Bonchev–Trinajstić information content (AvgIpc) is 2.57. The molecule has 7 heteroatoms. The van der Waals surface area contributed by atoms with Gasteiger partial charge in [0.05, 0.1) is 34.8 Å². The van der Waals surface area contributed by atoms with Crippen LogP contribution in [0.25, 0.3) is 10.9 Å². The molecule has 1 aliphatic heterocycles. The monoisotopic (exact) mass is 336 g/mol. The molecule has 0 aliphatic carbocycles. The molecule has 0 atom stereocenters. The van der Waals surface area contributed by atoms with Gasteiger partial charge in [0.15, 0.2) is 5.75 Å². The third-order valence-corrected chi connectivity index (χ3v) is 4.08. The number of fused-ring (bicyclic) bond motifs is 1. The van der Waals surface area contributed by atoms with Crippen molar-refractivity contribution in [2.24, 2.45) is 0 Å². The van der Waals surface area contributed by atoms with E-state index in [0.717, 1.165) is 5.69 Å². The topological polar surface area (TPSA) is 71.6 Å². The Morgan fingerprint density at radius 3 is 2.83 bits per heavy atom. The Morgan fingerprint density at radius 2 is 2.13 bits per heavy atom. The molecule has 1 aliphatic rings. The van der Waals surface area contributed by atoms with Crippen LogP contribution in [0.4, 0.5) is 5.69 Å². The average molecular weight is 337 g/mol. The summed E-state index contributed by atoms with van der Waals surface area (Å²) in [5.74, 6) is -0.447. The molecule has 1 aromatic heterocycles. The van der Waals surface area contributed by atoms with Crippen LogP contribution < -0.4 is 15.1 Å². The molecule has 0 unspecified atom stereocenters. The summed E-state index contributed by atoms with van der Waals surface area (Å²) < 4.78 is 10.4. The van der Waals surface area contributed by atoms with Gasteiger partial charge in [-0.05, 0) is 12.1 Å². The molecule has 0 spiro atoms. The number of benzene rings is 1. The van der Waals surface area contributed by atoms with E-state index in [1.165, 1.54) is 6.20 Å². The van der Waals surface area contributed by atoms with Crippen molar-refractivity contribution in [2.75, 3.05) is 31.2 Å². The maximum Gasteiger partial charge on any atom is 0.311 e. The maximum absolute atomic E-state index is 12.5. The fourth-order valence-corrected chi connectivity index (χ4v) is 2.81. The van der Waals surface area contributed by atoms with Crippen molar-refractivity contribution in [1.29, 1.82) is 0 Å². The third kappa shape index (κ3) is 3.18. The van der Waals surface area contributed by atoms with Gasteiger partial charge in [0.2, 0.25) is 5.43 Å². The zero-order valence-corrected chi connectivity index (χ0v) is 13.5. The molecular formula is C16H17ClN2O4. The number of H-pyrrole nitrogens is 1. The van der Waals surface area contributed by atoms with Crippen LogP contribution in [0.2, 0.25) is 5.02 Å². The lowest BCUT2D eigenvalue weighted by Crippen LogP contribution is -2.36. The highest BCUT2D eigenvalue weighted by Crippen LogP contribution is 2.30. The lowest BCUT2D eigenvalue weighted by atomic mass is 10.1. The zero-order chi connectivity index (χ0) is 16.4. The van der Waals surface area contributed by atoms with E-state index in [1.54, 1.807) is 19.1 Å². The predicted molar refractivity (Wildman–Crippen MR) is 88.5 cm³/mol. The van der Waals surface area contributed by atoms with Crippen LogP contribution in [0.1, 0.15) is 13.3 Å². The van der Waals surface area contributed by atoms with E-state index < -0.39 is 5.97 Å². The first-order valence-corrected chi connectivity index (χ1v) is 7.86. The first-order chi connectivity index (χ1) is 11.1. The number of nitrogens with zero attached hydrogens (tertiary/aromatic N) is 1. The SMILES string of the molecule is CCC(=O)Oc1c[nH]c2cc(Cl)c(N3CCOCC3)cc2c1=O. The number of ether oxygens (including phenoxy) is 2. The molecule has 0 bridgehead atoms. The van der Waals surface area contributed by atoms with Crippen LogP contribution in [0.3, 0.4) is 0 Å². The van der Waals surface area contributed by atoms with E-state index in [0.29, 0.717) is 42.2 Å².